The molecule has 0 fully saturated rings. The Bertz CT molecular complexity index is 635. The second kappa shape index (κ2) is 33.7. The summed E-state index contributed by atoms with van der Waals surface area (Å²) in [6.45, 7) is 4.15. The molecule has 0 aliphatic heterocycles. The van der Waals surface area contributed by atoms with Crippen LogP contribution in [-0.4, -0.2) is 46.1 Å². The first-order valence-corrected chi connectivity index (χ1v) is 18.7. The van der Waals surface area contributed by atoms with Crippen LogP contribution in [0, 0.1) is 0 Å². The van der Waals surface area contributed by atoms with Gasteiger partial charge in [-0.05, 0) is 32.1 Å². The summed E-state index contributed by atoms with van der Waals surface area (Å²) in [5.41, 5.74) is 0. The van der Waals surface area contributed by atoms with E-state index >= 15 is 0 Å². The number of rotatable bonds is 33. The minimum atomic E-state index is -1.10. The summed E-state index contributed by atoms with van der Waals surface area (Å²) in [5.74, 6) is -0.513. The zero-order valence-corrected chi connectivity index (χ0v) is 28.6. The summed E-state index contributed by atoms with van der Waals surface area (Å²) in [7, 11) is 0. The monoisotopic (exact) mass is 608 g/mol. The molecule has 3 atom stereocenters. The summed E-state index contributed by atoms with van der Waals surface area (Å²) >= 11 is 0. The number of unbranched alkanes of at least 4 members (excludes halogenated alkanes) is 23. The van der Waals surface area contributed by atoms with Gasteiger partial charge in [-0.2, -0.15) is 0 Å². The fourth-order valence-electron chi connectivity index (χ4n) is 5.55. The van der Waals surface area contributed by atoms with E-state index in [-0.39, 0.29) is 6.61 Å². The van der Waals surface area contributed by atoms with Gasteiger partial charge in [-0.3, -0.25) is 4.79 Å². The zero-order valence-electron chi connectivity index (χ0n) is 28.6. The Kier molecular flexibility index (Phi) is 32.8. The third kappa shape index (κ3) is 29.3. The van der Waals surface area contributed by atoms with Crippen LogP contribution in [0.4, 0.5) is 0 Å². The van der Waals surface area contributed by atoms with Crippen LogP contribution in [0.1, 0.15) is 187 Å². The molecule has 4 N–H and O–H groups in total. The second-order valence-electron chi connectivity index (χ2n) is 12.8. The van der Waals surface area contributed by atoms with Crippen molar-refractivity contribution in [1.29, 1.82) is 0 Å². The van der Waals surface area contributed by atoms with Crippen LogP contribution in [-0.2, 0) is 4.79 Å². The number of hydrogen-bond acceptors (Lipinski definition) is 4. The molecule has 0 aliphatic carbocycles. The van der Waals surface area contributed by atoms with E-state index in [0.29, 0.717) is 6.42 Å². The van der Waals surface area contributed by atoms with Gasteiger partial charge in [0, 0.05) is 0 Å². The van der Waals surface area contributed by atoms with E-state index in [4.69, 9.17) is 0 Å². The molecule has 43 heavy (non-hydrogen) atoms. The topological polar surface area (TPSA) is 89.8 Å². The molecule has 5 nitrogen and oxygen atoms in total. The van der Waals surface area contributed by atoms with Crippen molar-refractivity contribution in [2.24, 2.45) is 0 Å². The summed E-state index contributed by atoms with van der Waals surface area (Å²) in [5, 5.41) is 32.9. The minimum Gasteiger partial charge on any atom is -0.394 e. The number of hydrogen-bond donors (Lipinski definition) is 4. The fourth-order valence-corrected chi connectivity index (χ4v) is 5.55. The molecule has 0 radical (unpaired) electrons. The Morgan fingerprint density at radius 3 is 1.42 bits per heavy atom. The maximum absolute atomic E-state index is 12.4. The number of allylic oxidation sites excluding steroid dienone is 3. The van der Waals surface area contributed by atoms with Crippen LogP contribution >= 0.6 is 0 Å². The van der Waals surface area contributed by atoms with Crippen molar-refractivity contribution in [3.63, 3.8) is 0 Å². The van der Waals surface area contributed by atoms with Crippen molar-refractivity contribution in [1.82, 2.24) is 5.32 Å². The van der Waals surface area contributed by atoms with Gasteiger partial charge in [-0.1, -0.05) is 179 Å². The summed E-state index contributed by atoms with van der Waals surface area (Å²) < 4.78 is 0. The third-order valence-corrected chi connectivity index (χ3v) is 8.54. The highest BCUT2D eigenvalue weighted by molar-refractivity contribution is 5.80. The quantitative estimate of drug-likeness (QED) is 0.0441. The van der Waals surface area contributed by atoms with E-state index in [0.717, 1.165) is 38.5 Å². The predicted octanol–water partition coefficient (Wildman–Crippen LogP) is 9.87. The van der Waals surface area contributed by atoms with Gasteiger partial charge in [-0.25, -0.2) is 0 Å². The van der Waals surface area contributed by atoms with Gasteiger partial charge in [0.15, 0.2) is 0 Å². The highest BCUT2D eigenvalue weighted by atomic mass is 16.3. The normalized spacial score (nSPS) is 14.1. The Morgan fingerprint density at radius 1 is 0.558 bits per heavy atom. The van der Waals surface area contributed by atoms with Crippen molar-refractivity contribution < 1.29 is 20.1 Å². The Balaban J connectivity index is 3.76. The molecule has 0 unspecified atom stereocenters. The van der Waals surface area contributed by atoms with Crippen LogP contribution in [0.2, 0.25) is 0 Å². The van der Waals surface area contributed by atoms with E-state index in [2.05, 4.69) is 31.3 Å². The highest BCUT2D eigenvalue weighted by Crippen LogP contribution is 2.15. The second-order valence-corrected chi connectivity index (χ2v) is 12.8. The predicted molar refractivity (Wildman–Crippen MR) is 185 cm³/mol. The Morgan fingerprint density at radius 2 is 0.953 bits per heavy atom. The van der Waals surface area contributed by atoms with Gasteiger partial charge in [-0.15, -0.1) is 0 Å². The molecule has 0 heterocycles. The SMILES string of the molecule is CCCCCCCCC/C=C/CC/C=C/[C@@H](O)[C@H](CO)NC(=O)[C@@H](O)CCCCCCCCCCCCCCCCCC. The smallest absolute Gasteiger partial charge is 0.249 e. The molecule has 1 amide bonds. The van der Waals surface area contributed by atoms with Crippen molar-refractivity contribution in [3.8, 4) is 0 Å². The molecule has 0 aliphatic rings. The molecule has 0 rings (SSSR count). The summed E-state index contributed by atoms with van der Waals surface area (Å²) in [6, 6.07) is -0.808. The van der Waals surface area contributed by atoms with Gasteiger partial charge >= 0.3 is 0 Å². The lowest BCUT2D eigenvalue weighted by Crippen LogP contribution is -2.48. The summed E-state index contributed by atoms with van der Waals surface area (Å²) in [6.07, 6.45) is 39.1. The average Bonchev–Trinajstić information content (AvgIpc) is 3.01. The first-order valence-electron chi connectivity index (χ1n) is 18.7. The molecule has 5 heteroatoms. The van der Waals surface area contributed by atoms with E-state index in [1.165, 1.54) is 128 Å². The zero-order chi connectivity index (χ0) is 31.6. The largest absolute Gasteiger partial charge is 0.394 e. The molecule has 254 valence electrons. The van der Waals surface area contributed by atoms with Gasteiger partial charge in [0.1, 0.15) is 6.10 Å². The number of carbonyl (C=O) groups is 1. The van der Waals surface area contributed by atoms with E-state index in [1.807, 2.05) is 6.08 Å². The van der Waals surface area contributed by atoms with E-state index < -0.39 is 24.2 Å². The molecule has 0 saturated carbocycles. The minimum absolute atomic E-state index is 0.374. The first-order chi connectivity index (χ1) is 21.1. The van der Waals surface area contributed by atoms with Crippen LogP contribution < -0.4 is 5.32 Å². The van der Waals surface area contributed by atoms with Crippen LogP contribution in [0.5, 0.6) is 0 Å². The highest BCUT2D eigenvalue weighted by Gasteiger charge is 2.22. The maximum Gasteiger partial charge on any atom is 0.249 e. The van der Waals surface area contributed by atoms with E-state index in [9.17, 15) is 20.1 Å². The van der Waals surface area contributed by atoms with Gasteiger partial charge in [0.25, 0.3) is 0 Å². The van der Waals surface area contributed by atoms with Crippen LogP contribution in [0.15, 0.2) is 24.3 Å². The van der Waals surface area contributed by atoms with Crippen LogP contribution in [0.3, 0.4) is 0 Å². The van der Waals surface area contributed by atoms with Crippen molar-refractivity contribution in [2.45, 2.75) is 205 Å². The number of carbonyl (C=O) groups excluding carboxylic acids is 1. The standard InChI is InChI=1S/C38H73NO4/c1-3-5-7-9-11-13-15-17-18-19-21-23-25-27-29-31-33-37(42)38(43)39-35(34-40)36(41)32-30-28-26-24-22-20-16-14-12-10-8-6-4-2/h22,24,30,32,35-37,40-42H,3-21,23,25-29,31,33-34H2,1-2H3,(H,39,43)/b24-22+,32-30+/t35-,36+,37-/m0/s1. The van der Waals surface area contributed by atoms with Gasteiger partial charge in [0.05, 0.1) is 18.8 Å². The molecule has 0 bridgehead atoms. The van der Waals surface area contributed by atoms with Crippen molar-refractivity contribution >= 4 is 5.91 Å². The number of aliphatic hydroxyl groups is 3. The summed E-state index contributed by atoms with van der Waals surface area (Å²) in [4.78, 5) is 12.4. The van der Waals surface area contributed by atoms with Crippen molar-refractivity contribution in [2.75, 3.05) is 6.61 Å². The number of nitrogens with one attached hydrogen (secondary N) is 1. The Labute approximate surface area is 267 Å². The van der Waals surface area contributed by atoms with Gasteiger partial charge in [0.2, 0.25) is 5.91 Å². The molecular formula is C38H73NO4. The lowest BCUT2D eigenvalue weighted by atomic mass is 10.0. The molecule has 0 aromatic carbocycles. The number of aliphatic hydroxyl groups excluding tert-OH is 3. The molecule has 0 aromatic heterocycles. The maximum atomic E-state index is 12.4. The molecular weight excluding hydrogens is 534 g/mol. The fraction of sp³-hybridized carbons (Fsp3) is 0.868. The Hall–Kier alpha value is -1.17. The first kappa shape index (κ1) is 41.8. The molecule has 0 spiro atoms. The third-order valence-electron chi connectivity index (χ3n) is 8.54. The van der Waals surface area contributed by atoms with Crippen molar-refractivity contribution in [3.05, 3.63) is 24.3 Å². The number of amides is 1. The lowest BCUT2D eigenvalue weighted by Gasteiger charge is -2.21. The average molecular weight is 608 g/mol. The molecule has 0 saturated heterocycles. The van der Waals surface area contributed by atoms with Gasteiger partial charge < -0.3 is 20.6 Å². The lowest BCUT2D eigenvalue weighted by molar-refractivity contribution is -0.131. The van der Waals surface area contributed by atoms with E-state index in [1.54, 1.807) is 6.08 Å². The van der Waals surface area contributed by atoms with Crippen LogP contribution in [0.25, 0.3) is 0 Å². The molecule has 0 aromatic rings.